The number of methoxy groups -OCH3 is 1. The molecule has 0 radical (unpaired) electrons. The van der Waals surface area contributed by atoms with Gasteiger partial charge >= 0.3 is 5.97 Å². The molecule has 1 aromatic heterocycles. The Labute approximate surface area is 231 Å². The van der Waals surface area contributed by atoms with Gasteiger partial charge in [0.05, 0.1) is 19.2 Å². The molecule has 2 aromatic carbocycles. The van der Waals surface area contributed by atoms with Gasteiger partial charge in [0.25, 0.3) is 0 Å². The van der Waals surface area contributed by atoms with Crippen molar-refractivity contribution in [3.8, 4) is 17.0 Å². The van der Waals surface area contributed by atoms with Gasteiger partial charge in [-0.1, -0.05) is 69.7 Å². The lowest BCUT2D eigenvalue weighted by Gasteiger charge is -2.18. The first-order valence-corrected chi connectivity index (χ1v) is 13.8. The molecule has 204 valence electrons. The number of carboxylic acid groups (broad SMARTS) is 1. The fraction of sp³-hybridized carbons (Fsp3) is 0.433. The zero-order valence-corrected chi connectivity index (χ0v) is 23.6. The van der Waals surface area contributed by atoms with Crippen LogP contribution in [0.1, 0.15) is 67.5 Å². The van der Waals surface area contributed by atoms with Crippen LogP contribution >= 0.6 is 12.6 Å². The minimum Gasteiger partial charge on any atom is -0.480 e. The number of imidazole rings is 1. The van der Waals surface area contributed by atoms with Gasteiger partial charge in [-0.2, -0.15) is 17.6 Å². The van der Waals surface area contributed by atoms with Crippen molar-refractivity contribution in [1.82, 2.24) is 14.9 Å². The summed E-state index contributed by atoms with van der Waals surface area (Å²) >= 11 is 4.39. The van der Waals surface area contributed by atoms with E-state index in [2.05, 4.69) is 43.3 Å². The van der Waals surface area contributed by atoms with Crippen LogP contribution in [0.4, 0.5) is 0 Å². The number of nitrogens with zero attached hydrogens (tertiary/aromatic N) is 2. The molecule has 1 unspecified atom stereocenters. The van der Waals surface area contributed by atoms with E-state index < -0.39 is 5.97 Å². The second kappa shape index (κ2) is 14.0. The molecular formula is C30H39N3O4S. The third-order valence-electron chi connectivity index (χ3n) is 6.60. The highest BCUT2D eigenvalue weighted by Crippen LogP contribution is 2.26. The molecule has 3 aromatic rings. The number of aromatic nitrogens is 2. The van der Waals surface area contributed by atoms with E-state index in [4.69, 9.17) is 9.72 Å². The smallest absolute Gasteiger partial charge is 0.336 e. The summed E-state index contributed by atoms with van der Waals surface area (Å²) in [5.74, 6) is 1.23. The number of benzene rings is 2. The van der Waals surface area contributed by atoms with Gasteiger partial charge in [-0.05, 0) is 41.5 Å². The van der Waals surface area contributed by atoms with Crippen molar-refractivity contribution in [2.75, 3.05) is 12.9 Å². The Morgan fingerprint density at radius 1 is 1.13 bits per heavy atom. The number of thiol groups is 1. The van der Waals surface area contributed by atoms with Crippen LogP contribution in [0.25, 0.3) is 11.1 Å². The van der Waals surface area contributed by atoms with Gasteiger partial charge in [-0.15, -0.1) is 0 Å². The van der Waals surface area contributed by atoms with Crippen molar-refractivity contribution in [1.29, 1.82) is 0 Å². The maximum Gasteiger partial charge on any atom is 0.336 e. The summed E-state index contributed by atoms with van der Waals surface area (Å²) in [6.07, 6.45) is 3.62. The van der Waals surface area contributed by atoms with E-state index in [-0.39, 0.29) is 17.4 Å². The molecule has 0 aliphatic rings. The number of carbonyl (C=O) groups excluding carboxylic acids is 1. The van der Waals surface area contributed by atoms with Crippen molar-refractivity contribution in [3.63, 3.8) is 0 Å². The summed E-state index contributed by atoms with van der Waals surface area (Å²) in [5, 5.41) is 12.6. The summed E-state index contributed by atoms with van der Waals surface area (Å²) in [5.41, 5.74) is 3.67. The molecule has 1 atom stereocenters. The van der Waals surface area contributed by atoms with Crippen LogP contribution in [0.15, 0.2) is 48.5 Å². The fourth-order valence-electron chi connectivity index (χ4n) is 4.60. The molecule has 0 aliphatic heterocycles. The summed E-state index contributed by atoms with van der Waals surface area (Å²) in [6, 6.07) is 14.9. The topological polar surface area (TPSA) is 93.5 Å². The number of hydrogen-bond donors (Lipinski definition) is 3. The van der Waals surface area contributed by atoms with E-state index in [0.29, 0.717) is 36.2 Å². The lowest BCUT2D eigenvalue weighted by atomic mass is 9.98. The Kier molecular flexibility index (Phi) is 10.8. The van der Waals surface area contributed by atoms with Crippen LogP contribution < -0.4 is 10.1 Å². The largest absolute Gasteiger partial charge is 0.480 e. The number of hydrogen-bond acceptors (Lipinski definition) is 5. The van der Waals surface area contributed by atoms with Gasteiger partial charge < -0.3 is 19.7 Å². The Balaban J connectivity index is 1.88. The van der Waals surface area contributed by atoms with Gasteiger partial charge in [0.15, 0.2) is 0 Å². The third kappa shape index (κ3) is 7.40. The standard InChI is InChI=1S/C30H39N3O4S/c1-5-6-11-27-32-29(37-4)26(17-31-28(34)23(19-38)16-20(2)3)33(27)18-21-12-14-22(15-13-21)24-9-7-8-10-25(24)30(35)36/h7-10,12-15,20,23,38H,5-6,11,16-19H2,1-4H3,(H,31,34)(H,35,36). The van der Waals surface area contributed by atoms with Crippen molar-refractivity contribution >= 4 is 24.5 Å². The quantitative estimate of drug-likeness (QED) is 0.224. The maximum atomic E-state index is 12.9. The fourth-order valence-corrected chi connectivity index (χ4v) is 4.92. The third-order valence-corrected chi connectivity index (χ3v) is 7.04. The van der Waals surface area contributed by atoms with E-state index in [1.54, 1.807) is 19.2 Å². The number of ether oxygens (including phenoxy) is 1. The Hall–Kier alpha value is -3.26. The Morgan fingerprint density at radius 2 is 1.84 bits per heavy atom. The zero-order chi connectivity index (χ0) is 27.7. The van der Waals surface area contributed by atoms with Crippen LogP contribution in [0, 0.1) is 11.8 Å². The second-order valence-electron chi connectivity index (χ2n) is 9.95. The van der Waals surface area contributed by atoms with E-state index >= 15 is 0 Å². The van der Waals surface area contributed by atoms with Crippen LogP contribution in [0.3, 0.4) is 0 Å². The van der Waals surface area contributed by atoms with Gasteiger partial charge in [0.1, 0.15) is 11.5 Å². The van der Waals surface area contributed by atoms with Gasteiger partial charge in [0, 0.05) is 24.6 Å². The van der Waals surface area contributed by atoms with Crippen LogP contribution in [-0.2, 0) is 24.3 Å². The molecule has 0 bridgehead atoms. The van der Waals surface area contributed by atoms with E-state index in [0.717, 1.165) is 48.3 Å². The maximum absolute atomic E-state index is 12.9. The average Bonchev–Trinajstić information content (AvgIpc) is 3.25. The molecule has 0 fully saturated rings. The normalized spacial score (nSPS) is 11.9. The van der Waals surface area contributed by atoms with Crippen molar-refractivity contribution in [3.05, 3.63) is 71.2 Å². The van der Waals surface area contributed by atoms with Gasteiger partial charge in [0.2, 0.25) is 11.8 Å². The Morgan fingerprint density at radius 3 is 2.45 bits per heavy atom. The molecular weight excluding hydrogens is 498 g/mol. The van der Waals surface area contributed by atoms with Crippen LogP contribution in [0.2, 0.25) is 0 Å². The molecule has 1 heterocycles. The SMILES string of the molecule is CCCCc1nc(OC)c(CNC(=O)C(CS)CC(C)C)n1Cc1ccc(-c2ccccc2C(=O)O)cc1. The average molecular weight is 538 g/mol. The predicted molar refractivity (Wildman–Crippen MR) is 154 cm³/mol. The highest BCUT2D eigenvalue weighted by Gasteiger charge is 2.22. The number of unbranched alkanes of at least 4 members (excludes halogenated alkanes) is 1. The highest BCUT2D eigenvalue weighted by atomic mass is 32.1. The van der Waals surface area contributed by atoms with E-state index in [9.17, 15) is 14.7 Å². The molecule has 0 saturated heterocycles. The van der Waals surface area contributed by atoms with Crippen molar-refractivity contribution < 1.29 is 19.4 Å². The van der Waals surface area contributed by atoms with Gasteiger partial charge in [-0.3, -0.25) is 4.79 Å². The van der Waals surface area contributed by atoms with Crippen molar-refractivity contribution in [2.45, 2.75) is 59.5 Å². The summed E-state index contributed by atoms with van der Waals surface area (Å²) in [6.45, 7) is 7.23. The number of aromatic carboxylic acids is 1. The molecule has 7 nitrogen and oxygen atoms in total. The summed E-state index contributed by atoms with van der Waals surface area (Å²) in [4.78, 5) is 29.3. The first-order chi connectivity index (χ1) is 18.3. The van der Waals surface area contributed by atoms with E-state index in [1.165, 1.54) is 0 Å². The number of carboxylic acids is 1. The van der Waals surface area contributed by atoms with Gasteiger partial charge in [-0.25, -0.2) is 4.79 Å². The molecule has 8 heteroatoms. The first-order valence-electron chi connectivity index (χ1n) is 13.2. The monoisotopic (exact) mass is 537 g/mol. The number of aryl methyl sites for hydroxylation is 1. The molecule has 2 N–H and O–H groups in total. The first kappa shape index (κ1) is 29.3. The van der Waals surface area contributed by atoms with Crippen LogP contribution in [0.5, 0.6) is 5.88 Å². The summed E-state index contributed by atoms with van der Waals surface area (Å²) in [7, 11) is 1.60. The molecule has 0 aliphatic carbocycles. The lowest BCUT2D eigenvalue weighted by Crippen LogP contribution is -2.33. The number of amides is 1. The molecule has 38 heavy (non-hydrogen) atoms. The highest BCUT2D eigenvalue weighted by molar-refractivity contribution is 7.80. The molecule has 3 rings (SSSR count). The van der Waals surface area contributed by atoms with Crippen LogP contribution in [-0.4, -0.2) is 39.4 Å². The predicted octanol–water partition coefficient (Wildman–Crippen LogP) is 5.86. The minimum absolute atomic E-state index is 0.0138. The number of nitrogens with one attached hydrogen (secondary N) is 1. The molecule has 1 amide bonds. The number of carbonyl (C=O) groups is 2. The van der Waals surface area contributed by atoms with Crippen molar-refractivity contribution in [2.24, 2.45) is 11.8 Å². The minimum atomic E-state index is -0.948. The lowest BCUT2D eigenvalue weighted by molar-refractivity contribution is -0.124. The Bertz CT molecular complexity index is 1220. The summed E-state index contributed by atoms with van der Waals surface area (Å²) < 4.78 is 7.76. The molecule has 0 spiro atoms. The number of rotatable bonds is 14. The zero-order valence-electron chi connectivity index (χ0n) is 22.7. The molecule has 0 saturated carbocycles. The second-order valence-corrected chi connectivity index (χ2v) is 10.3. The van der Waals surface area contributed by atoms with E-state index in [1.807, 2.05) is 36.4 Å².